The summed E-state index contributed by atoms with van der Waals surface area (Å²) in [7, 11) is 0. The summed E-state index contributed by atoms with van der Waals surface area (Å²) < 4.78 is 11.6. The Bertz CT molecular complexity index is 443. The molecule has 1 aliphatic rings. The molecule has 2 rings (SSSR count). The van der Waals surface area contributed by atoms with Crippen LogP contribution in [0.25, 0.3) is 0 Å². The van der Waals surface area contributed by atoms with E-state index in [4.69, 9.17) is 9.47 Å². The van der Waals surface area contributed by atoms with Gasteiger partial charge in [-0.25, -0.2) is 0 Å². The number of ether oxygens (including phenoxy) is 2. The Kier molecular flexibility index (Phi) is 4.92. The molecule has 1 unspecified atom stereocenters. The van der Waals surface area contributed by atoms with Gasteiger partial charge in [0.15, 0.2) is 0 Å². The molecule has 1 aromatic carbocycles. The maximum absolute atomic E-state index is 5.87. The van der Waals surface area contributed by atoms with E-state index in [1.165, 1.54) is 5.56 Å². The third kappa shape index (κ3) is 4.14. The van der Waals surface area contributed by atoms with E-state index in [1.54, 1.807) is 0 Å². The number of hydrogen-bond donors (Lipinski definition) is 1. The molecule has 3 nitrogen and oxygen atoms in total. The number of anilines is 1. The zero-order valence-electron chi connectivity index (χ0n) is 13.2. The van der Waals surface area contributed by atoms with Gasteiger partial charge in [-0.2, -0.15) is 0 Å². The summed E-state index contributed by atoms with van der Waals surface area (Å²) in [6.45, 7) is 10.1. The molecule has 0 amide bonds. The van der Waals surface area contributed by atoms with Gasteiger partial charge in [-0.15, -0.1) is 0 Å². The van der Waals surface area contributed by atoms with Crippen LogP contribution in [0.1, 0.15) is 45.6 Å². The predicted octanol–water partition coefficient (Wildman–Crippen LogP) is 4.15. The van der Waals surface area contributed by atoms with Gasteiger partial charge >= 0.3 is 0 Å². The minimum atomic E-state index is -0.0367. The first-order valence-corrected chi connectivity index (χ1v) is 7.64. The Hall–Kier alpha value is -1.22. The summed E-state index contributed by atoms with van der Waals surface area (Å²) >= 11 is 0. The maximum atomic E-state index is 5.87. The monoisotopic (exact) mass is 277 g/mol. The zero-order valence-corrected chi connectivity index (χ0v) is 13.2. The molecule has 0 aromatic heterocycles. The van der Waals surface area contributed by atoms with Gasteiger partial charge in [-0.05, 0) is 57.7 Å². The van der Waals surface area contributed by atoms with E-state index in [1.807, 2.05) is 0 Å². The fourth-order valence-corrected chi connectivity index (χ4v) is 2.66. The normalized spacial score (nSPS) is 21.5. The van der Waals surface area contributed by atoms with Crippen LogP contribution in [0, 0.1) is 6.92 Å². The topological polar surface area (TPSA) is 30.5 Å². The first-order valence-electron chi connectivity index (χ1n) is 7.64. The molecule has 1 aliphatic heterocycles. The molecule has 0 bridgehead atoms. The molecule has 1 atom stereocenters. The summed E-state index contributed by atoms with van der Waals surface area (Å²) in [4.78, 5) is 0. The molecule has 1 fully saturated rings. The Morgan fingerprint density at radius 2 is 2.20 bits per heavy atom. The second-order valence-corrected chi connectivity index (χ2v) is 6.29. The molecule has 0 saturated carbocycles. The number of rotatable bonds is 5. The molecule has 1 N–H and O–H groups in total. The lowest BCUT2D eigenvalue weighted by Gasteiger charge is -2.36. The van der Waals surface area contributed by atoms with E-state index in [0.29, 0.717) is 6.04 Å². The van der Waals surface area contributed by atoms with E-state index in [2.05, 4.69) is 51.2 Å². The molecule has 1 aromatic rings. The fraction of sp³-hybridized carbons (Fsp3) is 0.647. The van der Waals surface area contributed by atoms with E-state index >= 15 is 0 Å². The molecule has 20 heavy (non-hydrogen) atoms. The molecule has 112 valence electrons. The van der Waals surface area contributed by atoms with E-state index in [0.717, 1.165) is 43.9 Å². The van der Waals surface area contributed by atoms with Crippen LogP contribution in [-0.4, -0.2) is 24.9 Å². The molecule has 1 heterocycles. The molecule has 0 aliphatic carbocycles. The largest absolute Gasteiger partial charge is 0.491 e. The van der Waals surface area contributed by atoms with E-state index in [9.17, 15) is 0 Å². The van der Waals surface area contributed by atoms with Crippen LogP contribution in [-0.2, 0) is 4.74 Å². The number of nitrogens with one attached hydrogen (secondary N) is 1. The van der Waals surface area contributed by atoms with Crippen molar-refractivity contribution in [1.82, 2.24) is 0 Å². The van der Waals surface area contributed by atoms with Crippen molar-refractivity contribution in [2.75, 3.05) is 18.5 Å². The van der Waals surface area contributed by atoms with Crippen LogP contribution in [0.4, 0.5) is 5.69 Å². The van der Waals surface area contributed by atoms with Gasteiger partial charge in [-0.1, -0.05) is 13.0 Å². The molecular formula is C17H27NO2. The van der Waals surface area contributed by atoms with Gasteiger partial charge in [0, 0.05) is 12.6 Å². The minimum absolute atomic E-state index is 0.0367. The fourth-order valence-electron chi connectivity index (χ4n) is 2.66. The van der Waals surface area contributed by atoms with Gasteiger partial charge in [0.1, 0.15) is 5.75 Å². The van der Waals surface area contributed by atoms with Crippen molar-refractivity contribution in [3.63, 3.8) is 0 Å². The Labute approximate surface area is 122 Å². The Morgan fingerprint density at radius 1 is 1.40 bits per heavy atom. The zero-order chi connectivity index (χ0) is 14.6. The summed E-state index contributed by atoms with van der Waals surface area (Å²) in [6.07, 6.45) is 3.09. The number of aryl methyl sites for hydroxylation is 1. The van der Waals surface area contributed by atoms with Crippen molar-refractivity contribution in [3.05, 3.63) is 23.8 Å². The van der Waals surface area contributed by atoms with Gasteiger partial charge in [-0.3, -0.25) is 0 Å². The van der Waals surface area contributed by atoms with Crippen LogP contribution >= 0.6 is 0 Å². The standard InChI is InChI=1S/C17H27NO2/c1-5-9-19-16-11-13(2)6-7-15(16)18-14-8-10-20-17(3,4)12-14/h6-7,11,14,18H,5,8-10,12H2,1-4H3. The quantitative estimate of drug-likeness (QED) is 0.877. The van der Waals surface area contributed by atoms with Crippen LogP contribution in [0.3, 0.4) is 0 Å². The Balaban J connectivity index is 2.07. The average Bonchev–Trinajstić information content (AvgIpc) is 2.38. The summed E-state index contributed by atoms with van der Waals surface area (Å²) in [5.41, 5.74) is 2.30. The van der Waals surface area contributed by atoms with Gasteiger partial charge in [0.25, 0.3) is 0 Å². The third-order valence-electron chi connectivity index (χ3n) is 3.66. The molecular weight excluding hydrogens is 250 g/mol. The van der Waals surface area contributed by atoms with Crippen LogP contribution in [0.5, 0.6) is 5.75 Å². The molecule has 1 saturated heterocycles. The maximum Gasteiger partial charge on any atom is 0.142 e. The van der Waals surface area contributed by atoms with Crippen molar-refractivity contribution >= 4 is 5.69 Å². The van der Waals surface area contributed by atoms with Gasteiger partial charge in [0.2, 0.25) is 0 Å². The van der Waals surface area contributed by atoms with Crippen molar-refractivity contribution in [3.8, 4) is 5.75 Å². The van der Waals surface area contributed by atoms with Crippen LogP contribution < -0.4 is 10.1 Å². The highest BCUT2D eigenvalue weighted by atomic mass is 16.5. The van der Waals surface area contributed by atoms with E-state index in [-0.39, 0.29) is 5.60 Å². The highest BCUT2D eigenvalue weighted by Gasteiger charge is 2.29. The van der Waals surface area contributed by atoms with Crippen molar-refractivity contribution in [2.45, 2.75) is 58.6 Å². The van der Waals surface area contributed by atoms with Gasteiger partial charge in [0.05, 0.1) is 17.9 Å². The lowest BCUT2D eigenvalue weighted by atomic mass is 9.93. The first-order chi connectivity index (χ1) is 9.50. The van der Waals surface area contributed by atoms with Crippen molar-refractivity contribution < 1.29 is 9.47 Å². The van der Waals surface area contributed by atoms with E-state index < -0.39 is 0 Å². The molecule has 0 spiro atoms. The second-order valence-electron chi connectivity index (χ2n) is 6.29. The third-order valence-corrected chi connectivity index (χ3v) is 3.66. The summed E-state index contributed by atoms with van der Waals surface area (Å²) in [6, 6.07) is 6.82. The lowest BCUT2D eigenvalue weighted by molar-refractivity contribution is -0.0553. The molecule has 3 heteroatoms. The Morgan fingerprint density at radius 3 is 2.90 bits per heavy atom. The first kappa shape index (κ1) is 15.2. The summed E-state index contributed by atoms with van der Waals surface area (Å²) in [5, 5.41) is 3.64. The number of hydrogen-bond acceptors (Lipinski definition) is 3. The SMILES string of the molecule is CCCOc1cc(C)ccc1NC1CCOC(C)(C)C1. The van der Waals surface area contributed by atoms with Crippen molar-refractivity contribution in [1.29, 1.82) is 0 Å². The van der Waals surface area contributed by atoms with Gasteiger partial charge < -0.3 is 14.8 Å². The lowest BCUT2D eigenvalue weighted by Crippen LogP contribution is -2.40. The van der Waals surface area contributed by atoms with Crippen LogP contribution in [0.2, 0.25) is 0 Å². The second kappa shape index (κ2) is 6.49. The highest BCUT2D eigenvalue weighted by Crippen LogP contribution is 2.31. The highest BCUT2D eigenvalue weighted by molar-refractivity contribution is 5.58. The predicted molar refractivity (Wildman–Crippen MR) is 83.6 cm³/mol. The molecule has 0 radical (unpaired) electrons. The van der Waals surface area contributed by atoms with Crippen molar-refractivity contribution in [2.24, 2.45) is 0 Å². The average molecular weight is 277 g/mol. The van der Waals surface area contributed by atoms with Crippen LogP contribution in [0.15, 0.2) is 18.2 Å². The smallest absolute Gasteiger partial charge is 0.142 e. The minimum Gasteiger partial charge on any atom is -0.491 e. The number of benzene rings is 1. The summed E-state index contributed by atoms with van der Waals surface area (Å²) in [5.74, 6) is 0.969.